The van der Waals surface area contributed by atoms with Gasteiger partial charge >= 0.3 is 33.4 Å². The maximum absolute atomic E-state index is 11.8. The van der Waals surface area contributed by atoms with Crippen molar-refractivity contribution in [3.63, 3.8) is 0 Å². The Morgan fingerprint density at radius 2 is 1.43 bits per heavy atom. The van der Waals surface area contributed by atoms with E-state index in [4.69, 9.17) is 4.55 Å². The summed E-state index contributed by atoms with van der Waals surface area (Å²) in [5.74, 6) is 0. The molecule has 0 heterocycles. The van der Waals surface area contributed by atoms with Gasteiger partial charge in [-0.05, 0) is 0 Å². The highest BCUT2D eigenvalue weighted by Crippen LogP contribution is 2.22. The van der Waals surface area contributed by atoms with Gasteiger partial charge in [0.05, 0.1) is 0 Å². The lowest BCUT2D eigenvalue weighted by Gasteiger charge is -2.01. The van der Waals surface area contributed by atoms with Crippen LogP contribution in [0.2, 0.25) is 0 Å². The fourth-order valence-electron chi connectivity index (χ4n) is 0.309. The highest BCUT2D eigenvalue weighted by Gasteiger charge is 2.26. The second-order valence-corrected chi connectivity index (χ2v) is 2.98. The standard InChI is InChI=1S/C4HF5O4S/c5-1(6)3(9)13-4(2(7)8)14(10,11)12/h(H,10,11,12). The predicted molar refractivity (Wildman–Crippen MR) is 32.2 cm³/mol. The highest BCUT2D eigenvalue weighted by atomic mass is 32.2. The van der Waals surface area contributed by atoms with Crippen molar-refractivity contribution in [1.82, 2.24) is 0 Å². The van der Waals surface area contributed by atoms with E-state index in [-0.39, 0.29) is 0 Å². The summed E-state index contributed by atoms with van der Waals surface area (Å²) in [5, 5.41) is -2.58. The third-order valence-electron chi connectivity index (χ3n) is 0.719. The molecule has 0 unspecified atom stereocenters. The highest BCUT2D eigenvalue weighted by molar-refractivity contribution is 7.89. The van der Waals surface area contributed by atoms with Crippen LogP contribution in [-0.4, -0.2) is 13.0 Å². The van der Waals surface area contributed by atoms with Gasteiger partial charge < -0.3 is 4.74 Å². The van der Waals surface area contributed by atoms with E-state index in [9.17, 15) is 30.4 Å². The smallest absolute Gasteiger partial charge is 0.345 e. The third-order valence-corrected chi connectivity index (χ3v) is 1.43. The summed E-state index contributed by atoms with van der Waals surface area (Å²) in [4.78, 5) is 0. The van der Waals surface area contributed by atoms with Crippen LogP contribution >= 0.6 is 0 Å². The summed E-state index contributed by atoms with van der Waals surface area (Å²) in [6.45, 7) is 0. The predicted octanol–water partition coefficient (Wildman–Crippen LogP) is 1.99. The fourth-order valence-corrected chi connectivity index (χ4v) is 0.682. The molecule has 14 heavy (non-hydrogen) atoms. The van der Waals surface area contributed by atoms with Crippen molar-refractivity contribution < 1.29 is 39.7 Å². The third kappa shape index (κ3) is 3.70. The fraction of sp³-hybridized carbons (Fsp3) is 0. The number of hydrogen-bond acceptors (Lipinski definition) is 3. The molecule has 0 saturated heterocycles. The number of rotatable bonds is 3. The molecule has 0 aromatic heterocycles. The summed E-state index contributed by atoms with van der Waals surface area (Å²) < 4.78 is 88.4. The molecule has 0 aromatic carbocycles. The first kappa shape index (κ1) is 12.8. The van der Waals surface area contributed by atoms with Crippen LogP contribution < -0.4 is 0 Å². The lowest BCUT2D eigenvalue weighted by Crippen LogP contribution is -2.06. The molecule has 0 aliphatic rings. The molecule has 0 rings (SSSR count). The Labute approximate surface area is 74.0 Å². The molecular formula is C4HF5O4S. The first-order chi connectivity index (χ1) is 6.16. The van der Waals surface area contributed by atoms with Crippen molar-refractivity contribution in [3.05, 3.63) is 23.3 Å². The van der Waals surface area contributed by atoms with Gasteiger partial charge in [-0.15, -0.1) is 0 Å². The molecule has 0 bridgehead atoms. The van der Waals surface area contributed by atoms with Crippen molar-refractivity contribution >= 4 is 10.1 Å². The van der Waals surface area contributed by atoms with E-state index in [0.29, 0.717) is 0 Å². The number of ether oxygens (including phenoxy) is 1. The van der Waals surface area contributed by atoms with Gasteiger partial charge in [0.1, 0.15) is 0 Å². The summed E-state index contributed by atoms with van der Waals surface area (Å²) in [7, 11) is -5.59. The maximum Gasteiger partial charge on any atom is 0.345 e. The minimum atomic E-state index is -5.59. The zero-order chi connectivity index (χ0) is 11.5. The van der Waals surface area contributed by atoms with Crippen LogP contribution in [0.3, 0.4) is 0 Å². The van der Waals surface area contributed by atoms with E-state index in [1.165, 1.54) is 0 Å². The van der Waals surface area contributed by atoms with Crippen LogP contribution in [0.1, 0.15) is 0 Å². The lowest BCUT2D eigenvalue weighted by atomic mass is 10.9. The quantitative estimate of drug-likeness (QED) is 0.465. The molecule has 1 N–H and O–H groups in total. The maximum atomic E-state index is 11.8. The summed E-state index contributed by atoms with van der Waals surface area (Å²) in [6.07, 6.45) is -6.31. The average Bonchev–Trinajstić information content (AvgIpc) is 1.96. The largest absolute Gasteiger partial charge is 0.408 e. The Morgan fingerprint density at radius 1 is 1.00 bits per heavy atom. The van der Waals surface area contributed by atoms with Gasteiger partial charge in [0, 0.05) is 0 Å². The molecule has 4 nitrogen and oxygen atoms in total. The monoisotopic (exact) mass is 240 g/mol. The van der Waals surface area contributed by atoms with E-state index in [0.717, 1.165) is 0 Å². The Bertz CT molecular complexity index is 375. The molecule has 0 saturated carbocycles. The van der Waals surface area contributed by atoms with E-state index in [1.807, 2.05) is 0 Å². The Hall–Kier alpha value is -1.16. The molecule has 0 aromatic rings. The van der Waals surface area contributed by atoms with Crippen LogP contribution in [0.4, 0.5) is 22.0 Å². The Morgan fingerprint density at radius 3 is 1.64 bits per heavy atom. The Balaban J connectivity index is 5.17. The molecular weight excluding hydrogens is 239 g/mol. The number of halogens is 5. The molecule has 0 aliphatic carbocycles. The second-order valence-electron chi connectivity index (χ2n) is 1.66. The van der Waals surface area contributed by atoms with Gasteiger partial charge in [0.25, 0.3) is 0 Å². The van der Waals surface area contributed by atoms with Gasteiger partial charge in [0.15, 0.2) is 0 Å². The van der Waals surface area contributed by atoms with E-state index < -0.39 is 33.4 Å². The van der Waals surface area contributed by atoms with E-state index in [2.05, 4.69) is 4.74 Å². The van der Waals surface area contributed by atoms with Crippen molar-refractivity contribution in [3.8, 4) is 0 Å². The van der Waals surface area contributed by atoms with Crippen LogP contribution in [0.25, 0.3) is 0 Å². The molecule has 0 radical (unpaired) electrons. The van der Waals surface area contributed by atoms with Crippen molar-refractivity contribution in [1.29, 1.82) is 0 Å². The van der Waals surface area contributed by atoms with E-state index >= 15 is 0 Å². The minimum absolute atomic E-state index is 2.58. The average molecular weight is 240 g/mol. The van der Waals surface area contributed by atoms with Crippen molar-refractivity contribution in [2.45, 2.75) is 0 Å². The Kier molecular flexibility index (Phi) is 4.01. The zero-order valence-electron chi connectivity index (χ0n) is 5.97. The summed E-state index contributed by atoms with van der Waals surface area (Å²) in [6, 6.07) is -2.84. The molecule has 10 heteroatoms. The van der Waals surface area contributed by atoms with Crippen molar-refractivity contribution in [2.75, 3.05) is 0 Å². The minimum Gasteiger partial charge on any atom is -0.408 e. The van der Waals surface area contributed by atoms with Gasteiger partial charge in [-0.25, -0.2) is 0 Å². The van der Waals surface area contributed by atoms with Crippen LogP contribution in [0, 0.1) is 0 Å². The van der Waals surface area contributed by atoms with Crippen molar-refractivity contribution in [2.24, 2.45) is 0 Å². The number of hydrogen-bond donors (Lipinski definition) is 1. The van der Waals surface area contributed by atoms with Gasteiger partial charge in [0.2, 0.25) is 0 Å². The molecule has 0 spiro atoms. The van der Waals surface area contributed by atoms with Crippen LogP contribution in [0.5, 0.6) is 0 Å². The first-order valence-electron chi connectivity index (χ1n) is 2.57. The normalized spacial score (nSPS) is 10.7. The zero-order valence-corrected chi connectivity index (χ0v) is 6.79. The topological polar surface area (TPSA) is 63.6 Å². The SMILES string of the molecule is O=S(=O)(O)C(OC(F)=C(F)F)=C(F)F. The summed E-state index contributed by atoms with van der Waals surface area (Å²) in [5.41, 5.74) is 0. The molecule has 0 atom stereocenters. The molecule has 0 amide bonds. The van der Waals surface area contributed by atoms with Crippen LogP contribution in [-0.2, 0) is 14.9 Å². The van der Waals surface area contributed by atoms with Gasteiger partial charge in [-0.1, -0.05) is 0 Å². The van der Waals surface area contributed by atoms with Gasteiger partial charge in [-0.2, -0.15) is 30.4 Å². The van der Waals surface area contributed by atoms with Crippen LogP contribution in [0.15, 0.2) is 23.3 Å². The lowest BCUT2D eigenvalue weighted by molar-refractivity contribution is 0.173. The summed E-state index contributed by atoms with van der Waals surface area (Å²) >= 11 is 0. The molecule has 82 valence electrons. The molecule has 0 fully saturated rings. The first-order valence-corrected chi connectivity index (χ1v) is 4.01. The molecule has 0 aliphatic heterocycles. The van der Waals surface area contributed by atoms with Gasteiger partial charge in [-0.3, -0.25) is 4.55 Å². The second kappa shape index (κ2) is 4.37. The van der Waals surface area contributed by atoms with E-state index in [1.54, 1.807) is 0 Å².